The molecule has 1 aromatic rings. The van der Waals surface area contributed by atoms with Gasteiger partial charge in [-0.25, -0.2) is 8.42 Å². The van der Waals surface area contributed by atoms with Crippen molar-refractivity contribution in [3.63, 3.8) is 0 Å². The number of methoxy groups -OCH3 is 2. The second-order valence-corrected chi connectivity index (χ2v) is 6.77. The minimum absolute atomic E-state index is 0.121. The highest BCUT2D eigenvalue weighted by Gasteiger charge is 2.24. The third-order valence-corrected chi connectivity index (χ3v) is 5.13. The Hall–Kier alpha value is -0.860. The van der Waals surface area contributed by atoms with E-state index in [1.165, 1.54) is 29.6 Å². The van der Waals surface area contributed by atoms with Crippen LogP contribution in [-0.2, 0) is 19.5 Å². The van der Waals surface area contributed by atoms with Gasteiger partial charge in [-0.15, -0.1) is 0 Å². The van der Waals surface area contributed by atoms with E-state index in [2.05, 4.69) is 0 Å². The molecule has 0 aliphatic carbocycles. The average Bonchev–Trinajstić information content (AvgIpc) is 2.45. The normalized spacial score (nSPS) is 12.0. The van der Waals surface area contributed by atoms with Gasteiger partial charge < -0.3 is 15.2 Å². The van der Waals surface area contributed by atoms with Crippen molar-refractivity contribution in [3.05, 3.63) is 23.2 Å². The lowest BCUT2D eigenvalue weighted by atomic mass is 10.3. The third-order valence-electron chi connectivity index (χ3n) is 2.91. The molecule has 0 atom stereocenters. The molecule has 0 unspecified atom stereocenters. The van der Waals surface area contributed by atoms with E-state index in [0.717, 1.165) is 0 Å². The number of hydrogen-bond acceptors (Lipinski definition) is 5. The summed E-state index contributed by atoms with van der Waals surface area (Å²) in [7, 11) is -0.530. The summed E-state index contributed by atoms with van der Waals surface area (Å²) < 4.78 is 36.5. The first-order chi connectivity index (χ1) is 9.93. The van der Waals surface area contributed by atoms with E-state index >= 15 is 0 Å². The number of nitrogens with zero attached hydrogens (tertiary/aromatic N) is 1. The molecule has 0 aliphatic heterocycles. The number of rotatable bonds is 9. The molecule has 0 fully saturated rings. The molecule has 0 saturated heterocycles. The summed E-state index contributed by atoms with van der Waals surface area (Å²) in [5.74, 6) is 0. The zero-order valence-corrected chi connectivity index (χ0v) is 13.8. The lowest BCUT2D eigenvalue weighted by Gasteiger charge is -2.22. The lowest BCUT2D eigenvalue weighted by molar-refractivity contribution is 0.164. The molecule has 0 amide bonds. The molecule has 8 heteroatoms. The van der Waals surface area contributed by atoms with Gasteiger partial charge in [0.25, 0.3) is 0 Å². The standard InChI is InChI=1S/C13H21ClN2O4S/c1-19-8-3-6-16(7-9-20-2)21(17,18)11-4-5-13(15)12(14)10-11/h4-5,10H,3,6-9,15H2,1-2H3. The Labute approximate surface area is 130 Å². The molecule has 0 heterocycles. The maximum Gasteiger partial charge on any atom is 0.243 e. The molecule has 6 nitrogen and oxygen atoms in total. The van der Waals surface area contributed by atoms with Gasteiger partial charge >= 0.3 is 0 Å². The first kappa shape index (κ1) is 18.2. The molecular formula is C13H21ClN2O4S. The van der Waals surface area contributed by atoms with Gasteiger partial charge in [0.15, 0.2) is 0 Å². The summed E-state index contributed by atoms with van der Waals surface area (Å²) in [6.07, 6.45) is 0.599. The summed E-state index contributed by atoms with van der Waals surface area (Å²) in [5, 5.41) is 0.222. The van der Waals surface area contributed by atoms with Crippen LogP contribution in [0, 0.1) is 0 Å². The Kier molecular flexibility index (Phi) is 7.41. The number of nitrogens with two attached hydrogens (primary N) is 1. The summed E-state index contributed by atoms with van der Waals surface area (Å²) >= 11 is 5.90. The van der Waals surface area contributed by atoms with Gasteiger partial charge in [0.05, 0.1) is 22.2 Å². The molecule has 0 aromatic heterocycles. The molecule has 2 N–H and O–H groups in total. The first-order valence-corrected chi connectivity index (χ1v) is 8.28. The highest BCUT2D eigenvalue weighted by atomic mass is 35.5. The summed E-state index contributed by atoms with van der Waals surface area (Å²) in [6, 6.07) is 4.30. The molecule has 0 radical (unpaired) electrons. The zero-order valence-electron chi connectivity index (χ0n) is 12.2. The van der Waals surface area contributed by atoms with Crippen molar-refractivity contribution in [2.45, 2.75) is 11.3 Å². The quantitative estimate of drug-likeness (QED) is 0.547. The van der Waals surface area contributed by atoms with E-state index in [0.29, 0.717) is 31.9 Å². The van der Waals surface area contributed by atoms with E-state index in [1.54, 1.807) is 7.11 Å². The molecular weight excluding hydrogens is 316 g/mol. The Morgan fingerprint density at radius 2 is 1.86 bits per heavy atom. The average molecular weight is 337 g/mol. The first-order valence-electron chi connectivity index (χ1n) is 6.46. The predicted molar refractivity (Wildman–Crippen MR) is 83.0 cm³/mol. The van der Waals surface area contributed by atoms with Crippen LogP contribution in [0.5, 0.6) is 0 Å². The summed E-state index contributed by atoms with van der Waals surface area (Å²) in [4.78, 5) is 0.121. The minimum atomic E-state index is -3.64. The smallest absolute Gasteiger partial charge is 0.243 e. The number of nitrogen functional groups attached to an aromatic ring is 1. The summed E-state index contributed by atoms with van der Waals surface area (Å²) in [5.41, 5.74) is 5.96. The molecule has 1 aromatic carbocycles. The fourth-order valence-corrected chi connectivity index (χ4v) is 3.48. The van der Waals surface area contributed by atoms with Gasteiger partial charge in [0.2, 0.25) is 10.0 Å². The highest BCUT2D eigenvalue weighted by Crippen LogP contribution is 2.24. The Balaban J connectivity index is 2.98. The van der Waals surface area contributed by atoms with E-state index in [-0.39, 0.29) is 16.5 Å². The van der Waals surface area contributed by atoms with E-state index < -0.39 is 10.0 Å². The van der Waals surface area contributed by atoms with Gasteiger partial charge in [-0.1, -0.05) is 11.6 Å². The van der Waals surface area contributed by atoms with Gasteiger partial charge in [-0.05, 0) is 24.6 Å². The van der Waals surface area contributed by atoms with Gasteiger partial charge in [-0.3, -0.25) is 0 Å². The number of halogens is 1. The minimum Gasteiger partial charge on any atom is -0.398 e. The van der Waals surface area contributed by atoms with Crippen molar-refractivity contribution in [1.82, 2.24) is 4.31 Å². The Morgan fingerprint density at radius 3 is 2.43 bits per heavy atom. The highest BCUT2D eigenvalue weighted by molar-refractivity contribution is 7.89. The SMILES string of the molecule is COCCCN(CCOC)S(=O)(=O)c1ccc(N)c(Cl)c1. The second kappa shape index (κ2) is 8.55. The van der Waals surface area contributed by atoms with Crippen LogP contribution in [0.1, 0.15) is 6.42 Å². The van der Waals surface area contributed by atoms with Crippen molar-refractivity contribution in [1.29, 1.82) is 0 Å². The maximum absolute atomic E-state index is 12.6. The number of benzene rings is 1. The molecule has 21 heavy (non-hydrogen) atoms. The predicted octanol–water partition coefficient (Wildman–Crippen LogP) is 1.60. The molecule has 0 saturated carbocycles. The van der Waals surface area contributed by atoms with Crippen molar-refractivity contribution in [2.24, 2.45) is 0 Å². The topological polar surface area (TPSA) is 81.9 Å². The lowest BCUT2D eigenvalue weighted by Crippen LogP contribution is -2.35. The van der Waals surface area contributed by atoms with Crippen LogP contribution < -0.4 is 5.73 Å². The fraction of sp³-hybridized carbons (Fsp3) is 0.538. The van der Waals surface area contributed by atoms with Crippen molar-refractivity contribution in [2.75, 3.05) is 46.3 Å². The molecule has 0 spiro atoms. The van der Waals surface area contributed by atoms with Crippen molar-refractivity contribution >= 4 is 27.3 Å². The van der Waals surface area contributed by atoms with Crippen LogP contribution in [0.4, 0.5) is 5.69 Å². The summed E-state index contributed by atoms with van der Waals surface area (Å²) in [6.45, 7) is 1.42. The molecule has 120 valence electrons. The Bertz CT molecular complexity index is 551. The largest absolute Gasteiger partial charge is 0.398 e. The van der Waals surface area contributed by atoms with Gasteiger partial charge in [0.1, 0.15) is 0 Å². The third kappa shape index (κ3) is 5.12. The van der Waals surface area contributed by atoms with Crippen LogP contribution in [0.15, 0.2) is 23.1 Å². The maximum atomic E-state index is 12.6. The van der Waals surface area contributed by atoms with Crippen LogP contribution in [0.25, 0.3) is 0 Å². The van der Waals surface area contributed by atoms with Crippen LogP contribution in [0.2, 0.25) is 5.02 Å². The Morgan fingerprint density at radius 1 is 1.19 bits per heavy atom. The van der Waals surface area contributed by atoms with Crippen LogP contribution in [0.3, 0.4) is 0 Å². The molecule has 0 bridgehead atoms. The number of sulfonamides is 1. The second-order valence-electron chi connectivity index (χ2n) is 4.43. The van der Waals surface area contributed by atoms with Crippen LogP contribution >= 0.6 is 11.6 Å². The molecule has 0 aliphatic rings. The van der Waals surface area contributed by atoms with Crippen molar-refractivity contribution < 1.29 is 17.9 Å². The van der Waals surface area contributed by atoms with Crippen LogP contribution in [-0.4, -0.2) is 53.2 Å². The number of hydrogen-bond donors (Lipinski definition) is 1. The zero-order chi connectivity index (χ0) is 15.9. The molecule has 1 rings (SSSR count). The van der Waals surface area contributed by atoms with E-state index in [9.17, 15) is 8.42 Å². The monoisotopic (exact) mass is 336 g/mol. The number of anilines is 1. The van der Waals surface area contributed by atoms with E-state index in [4.69, 9.17) is 26.8 Å². The van der Waals surface area contributed by atoms with Crippen molar-refractivity contribution in [3.8, 4) is 0 Å². The van der Waals surface area contributed by atoms with Gasteiger partial charge in [0, 0.05) is 33.9 Å². The van der Waals surface area contributed by atoms with Gasteiger partial charge in [-0.2, -0.15) is 4.31 Å². The number of ether oxygens (including phenoxy) is 2. The fourth-order valence-electron chi connectivity index (χ4n) is 1.75. The van der Waals surface area contributed by atoms with E-state index in [1.807, 2.05) is 0 Å².